The number of hydrogen-bond donors (Lipinski definition) is 9. The first-order valence-corrected chi connectivity index (χ1v) is 16.5. The van der Waals surface area contributed by atoms with Crippen LogP contribution in [0.5, 0.6) is 5.75 Å². The van der Waals surface area contributed by atoms with Gasteiger partial charge in [0.2, 0.25) is 29.5 Å². The fourth-order valence-corrected chi connectivity index (χ4v) is 5.01. The summed E-state index contributed by atoms with van der Waals surface area (Å²) in [4.78, 5) is 122. The van der Waals surface area contributed by atoms with E-state index in [1.165, 1.54) is 32.0 Å². The number of aromatic hydroxyl groups is 1. The third-order valence-electron chi connectivity index (χ3n) is 7.69. The van der Waals surface area contributed by atoms with Crippen molar-refractivity contribution in [2.24, 2.45) is 5.92 Å². The molecule has 0 aliphatic heterocycles. The fraction of sp³-hybridized carbons (Fsp3) is 0.455. The van der Waals surface area contributed by atoms with E-state index in [9.17, 15) is 76.4 Å². The Morgan fingerprint density at radius 2 is 1.32 bits per heavy atom. The van der Waals surface area contributed by atoms with Crippen LogP contribution >= 0.6 is 0 Å². The molecule has 2 aromatic rings. The molecule has 0 radical (unpaired) electrons. The highest BCUT2D eigenvalue weighted by Gasteiger charge is 2.45. The van der Waals surface area contributed by atoms with Gasteiger partial charge in [-0.2, -0.15) is 13.2 Å². The Balaban J connectivity index is 2.14. The lowest BCUT2D eigenvalue weighted by Gasteiger charge is -2.27. The first kappa shape index (κ1) is 45.6. The Morgan fingerprint density at radius 1 is 0.732 bits per heavy atom. The monoisotopic (exact) mass is 801 g/mol. The first-order valence-electron chi connectivity index (χ1n) is 16.5. The van der Waals surface area contributed by atoms with E-state index < -0.39 is 127 Å². The van der Waals surface area contributed by atoms with E-state index in [1.807, 2.05) is 0 Å². The van der Waals surface area contributed by atoms with E-state index in [0.717, 1.165) is 6.07 Å². The third kappa shape index (κ3) is 14.7. The summed E-state index contributed by atoms with van der Waals surface area (Å²) in [5.74, 6) is -14.4. The molecule has 5 amide bonds. The lowest BCUT2D eigenvalue weighted by Crippen LogP contribution is -2.59. The number of nitrogens with one attached hydrogen (secondary N) is 5. The number of carboxylic acid groups (broad SMARTS) is 3. The zero-order valence-corrected chi connectivity index (χ0v) is 29.6. The average Bonchev–Trinajstić information content (AvgIpc) is 3.06. The number of hydrogen-bond acceptors (Lipinski definition) is 12. The maximum absolute atomic E-state index is 13.3. The zero-order valence-electron chi connectivity index (χ0n) is 29.6. The van der Waals surface area contributed by atoms with Crippen molar-refractivity contribution < 1.29 is 81.2 Å². The maximum atomic E-state index is 13.3. The lowest BCUT2D eigenvalue weighted by atomic mass is 10.0. The van der Waals surface area contributed by atoms with E-state index in [2.05, 4.69) is 21.3 Å². The Hall–Kier alpha value is -6.55. The molecule has 0 spiro atoms. The number of ketones is 1. The molecule has 1 aromatic carbocycles. The molecular formula is C33H38F3N5O15. The molecule has 0 saturated carbocycles. The summed E-state index contributed by atoms with van der Waals surface area (Å²) in [6.07, 6.45) is -10.4. The summed E-state index contributed by atoms with van der Waals surface area (Å²) in [7, 11) is 0. The Labute approximate surface area is 313 Å². The van der Waals surface area contributed by atoms with Crippen molar-refractivity contribution in [1.82, 2.24) is 26.6 Å². The van der Waals surface area contributed by atoms with Gasteiger partial charge in [-0.15, -0.1) is 0 Å². The molecule has 306 valence electrons. The number of phenols is 1. The maximum Gasteiger partial charge on any atom is 0.452 e. The molecule has 0 aliphatic carbocycles. The summed E-state index contributed by atoms with van der Waals surface area (Å²) < 4.78 is 44.2. The second-order valence-corrected chi connectivity index (χ2v) is 12.5. The number of rotatable bonds is 21. The number of Topliss-reactive ketones (excluding diaryl/α,β-unsaturated/α-hetero) is 1. The van der Waals surface area contributed by atoms with E-state index in [0.29, 0.717) is 5.39 Å². The minimum atomic E-state index is -5.54. The summed E-state index contributed by atoms with van der Waals surface area (Å²) in [5, 5.41) is 47.8. The highest BCUT2D eigenvalue weighted by atomic mass is 19.4. The number of alkyl halides is 3. The predicted octanol–water partition coefficient (Wildman–Crippen LogP) is -0.912. The van der Waals surface area contributed by atoms with Gasteiger partial charge in [0.25, 0.3) is 5.78 Å². The van der Waals surface area contributed by atoms with Crippen LogP contribution in [0.3, 0.4) is 0 Å². The highest BCUT2D eigenvalue weighted by molar-refractivity contribution is 5.98. The van der Waals surface area contributed by atoms with Crippen LogP contribution in [0.2, 0.25) is 0 Å². The van der Waals surface area contributed by atoms with E-state index in [-0.39, 0.29) is 29.9 Å². The van der Waals surface area contributed by atoms with Gasteiger partial charge in [-0.1, -0.05) is 13.8 Å². The second kappa shape index (κ2) is 20.2. The molecular weight excluding hydrogens is 763 g/mol. The molecule has 9 N–H and O–H groups in total. The largest absolute Gasteiger partial charge is 0.508 e. The predicted molar refractivity (Wildman–Crippen MR) is 180 cm³/mol. The summed E-state index contributed by atoms with van der Waals surface area (Å²) in [5.41, 5.74) is -0.555. The van der Waals surface area contributed by atoms with Gasteiger partial charge in [0.1, 0.15) is 35.5 Å². The van der Waals surface area contributed by atoms with Gasteiger partial charge in [0.15, 0.2) is 0 Å². The molecule has 23 heteroatoms. The number of aliphatic carboxylic acids is 3. The Kier molecular flexibility index (Phi) is 16.5. The molecule has 0 fully saturated rings. The van der Waals surface area contributed by atoms with Gasteiger partial charge in [-0.25, -0.2) is 4.79 Å². The summed E-state index contributed by atoms with van der Waals surface area (Å²) in [6.45, 7) is 2.24. The number of phenolic OH excluding ortho intramolecular Hbond substituents is 1. The van der Waals surface area contributed by atoms with Gasteiger partial charge in [-0.3, -0.25) is 43.2 Å². The van der Waals surface area contributed by atoms with Crippen molar-refractivity contribution in [3.63, 3.8) is 0 Å². The molecule has 0 bridgehead atoms. The Morgan fingerprint density at radius 3 is 1.89 bits per heavy atom. The number of carboxylic acids is 3. The van der Waals surface area contributed by atoms with Crippen LogP contribution in [0.4, 0.5) is 13.2 Å². The third-order valence-corrected chi connectivity index (χ3v) is 7.69. The molecule has 1 heterocycles. The number of fused-ring (bicyclic) bond motifs is 1. The smallest absolute Gasteiger partial charge is 0.452 e. The molecule has 0 saturated heterocycles. The summed E-state index contributed by atoms with van der Waals surface area (Å²) >= 11 is 0. The quantitative estimate of drug-likeness (QED) is 0.0690. The van der Waals surface area contributed by atoms with Crippen molar-refractivity contribution in [2.45, 2.75) is 82.7 Å². The molecule has 3 unspecified atom stereocenters. The van der Waals surface area contributed by atoms with Crippen LogP contribution in [0.1, 0.15) is 51.5 Å². The summed E-state index contributed by atoms with van der Waals surface area (Å²) in [6, 6.07) is -3.16. The second-order valence-electron chi connectivity index (χ2n) is 12.5. The van der Waals surface area contributed by atoms with Gasteiger partial charge < -0.3 is 51.4 Å². The number of amides is 5. The normalized spacial score (nSPS) is 13.4. The minimum absolute atomic E-state index is 0.0130. The highest BCUT2D eigenvalue weighted by Crippen LogP contribution is 2.22. The van der Waals surface area contributed by atoms with Crippen molar-refractivity contribution in [2.75, 3.05) is 6.54 Å². The molecule has 0 aliphatic rings. The van der Waals surface area contributed by atoms with Crippen LogP contribution in [0.25, 0.3) is 11.0 Å². The standard InChI is InChI=1S/C33H38F3N5O15/c1-14(2)28(32(55)40-19(12-25(47)48)29(52)33(34,35)36)41-30(53)18(5-6-24(45)46)39-31(54)20(13-26(49)50)38-22(43)7-8-37-23(44)9-15-10-27(51)56-21-11-16(42)3-4-17(15)21/h3-4,10-11,14,18-20,28,42H,5-9,12-13H2,1-2H3,(H,37,44)(H,38,43)(H,39,54)(H,40,55)(H,41,53)(H,45,46)(H,47,48)(H,49,50)/t18?,19?,20?,28-/m1/s1. The number of carbonyl (C=O) groups excluding carboxylic acids is 6. The van der Waals surface area contributed by atoms with Gasteiger partial charge in [0.05, 0.1) is 19.3 Å². The number of halogens is 3. The van der Waals surface area contributed by atoms with E-state index in [4.69, 9.17) is 9.52 Å². The first-order chi connectivity index (χ1) is 26.0. The molecule has 2 rings (SSSR count). The van der Waals surface area contributed by atoms with Gasteiger partial charge >= 0.3 is 29.7 Å². The Bertz CT molecular complexity index is 1910. The zero-order chi connectivity index (χ0) is 42.5. The van der Waals surface area contributed by atoms with Crippen LogP contribution in [-0.4, -0.2) is 111 Å². The van der Waals surface area contributed by atoms with Crippen LogP contribution in [-0.2, 0) is 49.6 Å². The topological polar surface area (TPSA) is 325 Å². The SMILES string of the molecule is CC(C)[C@@H](NC(=O)C(CCC(=O)O)NC(=O)C(CC(=O)O)NC(=O)CCNC(=O)Cc1cc(=O)oc2cc(O)ccc12)C(=O)NC(CC(=O)O)C(=O)C(F)(F)F. The number of benzene rings is 1. The molecule has 20 nitrogen and oxygen atoms in total. The van der Waals surface area contributed by atoms with Crippen LogP contribution < -0.4 is 32.2 Å². The molecule has 1 aromatic heterocycles. The van der Waals surface area contributed by atoms with Crippen molar-refractivity contribution in [3.05, 3.63) is 40.2 Å². The minimum Gasteiger partial charge on any atom is -0.508 e. The fourth-order valence-electron chi connectivity index (χ4n) is 5.01. The lowest BCUT2D eigenvalue weighted by molar-refractivity contribution is -0.174. The van der Waals surface area contributed by atoms with Crippen molar-refractivity contribution >= 4 is 64.2 Å². The average molecular weight is 802 g/mol. The van der Waals surface area contributed by atoms with E-state index in [1.54, 1.807) is 5.32 Å². The van der Waals surface area contributed by atoms with Crippen LogP contribution in [0.15, 0.2) is 33.5 Å². The van der Waals surface area contributed by atoms with Gasteiger partial charge in [0, 0.05) is 36.9 Å². The van der Waals surface area contributed by atoms with Crippen molar-refractivity contribution in [1.29, 1.82) is 0 Å². The van der Waals surface area contributed by atoms with Crippen molar-refractivity contribution in [3.8, 4) is 5.75 Å². The molecule has 56 heavy (non-hydrogen) atoms. The van der Waals surface area contributed by atoms with Gasteiger partial charge in [-0.05, 0) is 30.0 Å². The number of carbonyl (C=O) groups is 9. The van der Waals surface area contributed by atoms with E-state index >= 15 is 0 Å². The molecule has 4 atom stereocenters. The van der Waals surface area contributed by atoms with Crippen LogP contribution in [0, 0.1) is 5.92 Å².